The molecule has 0 radical (unpaired) electrons. The Morgan fingerprint density at radius 1 is 0.167 bits per heavy atom. The van der Waals surface area contributed by atoms with Crippen LogP contribution in [0, 0.1) is 41.5 Å². The molecule has 0 aliphatic heterocycles. The Bertz CT molecular complexity index is 7830. The summed E-state index contributed by atoms with van der Waals surface area (Å²) in [5.41, 5.74) is 31.9. The molecule has 0 saturated carbocycles. The van der Waals surface area contributed by atoms with Gasteiger partial charge in [0.2, 0.25) is 0 Å². The van der Waals surface area contributed by atoms with Crippen molar-refractivity contribution in [3.63, 3.8) is 0 Å². The minimum absolute atomic E-state index is 0.946. The lowest BCUT2D eigenvalue weighted by atomic mass is 9.96. The van der Waals surface area contributed by atoms with Gasteiger partial charge in [0.15, 0.2) is 0 Å². The van der Waals surface area contributed by atoms with Gasteiger partial charge in [0.1, 0.15) is 55.8 Å². The molecule has 18 aromatic carbocycles. The van der Waals surface area contributed by atoms with Crippen LogP contribution >= 0.6 is 11.3 Å². The molecule has 0 spiro atoms. The fourth-order valence-corrected chi connectivity index (χ4v) is 17.7. The van der Waals surface area contributed by atoms with Crippen molar-refractivity contribution in [2.75, 3.05) is 0 Å². The number of hydrogen-bond donors (Lipinski definition) is 0. The highest BCUT2D eigenvalue weighted by molar-refractivity contribution is 7.25. The van der Waals surface area contributed by atoms with E-state index in [2.05, 4.69) is 363 Å². The first-order valence-corrected chi connectivity index (χ1v) is 41.6. The van der Waals surface area contributed by atoms with E-state index >= 15 is 0 Å². The predicted octanol–water partition coefficient (Wildman–Crippen LogP) is 33.8. The quantitative estimate of drug-likeness (QED) is 0.166. The number of thiophene rings is 1. The van der Waals surface area contributed by atoms with Crippen LogP contribution in [0.1, 0.15) is 33.4 Å². The zero-order valence-corrected chi connectivity index (χ0v) is 68.4. The highest BCUT2D eigenvalue weighted by atomic mass is 32.1. The average Bonchev–Trinajstić information content (AvgIpc) is 1.61. The fourth-order valence-electron chi connectivity index (χ4n) is 16.6. The van der Waals surface area contributed by atoms with E-state index in [-0.39, 0.29) is 0 Å². The first-order chi connectivity index (χ1) is 59.0. The van der Waals surface area contributed by atoms with Gasteiger partial charge in [-0.2, -0.15) is 0 Å². The van der Waals surface area contributed by atoms with Crippen molar-refractivity contribution in [1.82, 2.24) is 0 Å². The van der Waals surface area contributed by atoms with Gasteiger partial charge < -0.3 is 22.1 Å². The van der Waals surface area contributed by atoms with Crippen LogP contribution in [0.3, 0.4) is 0 Å². The van der Waals surface area contributed by atoms with Crippen molar-refractivity contribution < 1.29 is 22.1 Å². The zero-order chi connectivity index (χ0) is 81.2. The lowest BCUT2D eigenvalue weighted by molar-refractivity contribution is 0.668. The Morgan fingerprint density at radius 2 is 0.483 bits per heavy atom. The molecule has 6 aromatic heterocycles. The molecule has 24 aromatic rings. The highest BCUT2D eigenvalue weighted by Crippen LogP contribution is 2.44. The Kier molecular flexibility index (Phi) is 20.7. The van der Waals surface area contributed by atoms with E-state index in [0.717, 1.165) is 67.0 Å². The molecular formula is C114H84O5S. The number of fused-ring (bicyclic) bond motifs is 18. The minimum Gasteiger partial charge on any atom is -0.456 e. The van der Waals surface area contributed by atoms with Crippen LogP contribution in [-0.4, -0.2) is 0 Å². The van der Waals surface area contributed by atoms with Gasteiger partial charge in [-0.05, 0) is 169 Å². The van der Waals surface area contributed by atoms with Crippen molar-refractivity contribution in [2.45, 2.75) is 41.5 Å². The van der Waals surface area contributed by atoms with E-state index < -0.39 is 0 Å². The minimum atomic E-state index is 0.946. The van der Waals surface area contributed by atoms with Crippen molar-refractivity contribution in [1.29, 1.82) is 0 Å². The summed E-state index contributed by atoms with van der Waals surface area (Å²) in [5.74, 6) is 0. The molecule has 24 rings (SSSR count). The summed E-state index contributed by atoms with van der Waals surface area (Å²) in [6, 6.07) is 140. The molecule has 0 aliphatic carbocycles. The second kappa shape index (κ2) is 33.1. The summed E-state index contributed by atoms with van der Waals surface area (Å²) in [5, 5.41) is 14.6. The highest BCUT2D eigenvalue weighted by Gasteiger charge is 2.18. The lowest BCUT2D eigenvalue weighted by Gasteiger charge is -2.07. The number of hydrogen-bond acceptors (Lipinski definition) is 6. The van der Waals surface area contributed by atoms with Crippen LogP contribution in [0.25, 0.3) is 197 Å². The lowest BCUT2D eigenvalue weighted by Crippen LogP contribution is -1.83. The number of para-hydroxylation sites is 7. The maximum absolute atomic E-state index is 6.08. The van der Waals surface area contributed by atoms with Crippen molar-refractivity contribution >= 4 is 141 Å². The average molecular weight is 1570 g/mol. The Hall–Kier alpha value is -14.8. The molecular weight excluding hydrogens is 1480 g/mol. The standard InChI is InChI=1S/5C19H14O.C19H14S/c1-13-6-4-7-14(12-13)15-9-5-10-17-16-8-2-3-11-18(16)20-19(15)17;1-13-6-4-7-14(12-13)15-9-5-11-18-19(15)16-8-2-3-10-17(16)20-18;1-13-7-2-3-8-14(13)15-10-6-12-18-19(15)16-9-4-5-11-17(16)20-18;1-13-9-11-14(12-10-13)15-6-4-7-17-16-5-2-3-8-18(16)20-19(15)17;1-13-9-11-14(12-10-13)15-6-4-8-18-19(15)16-5-2-3-7-17(16)20-18;1-13-6-8-14(9-7-13)15-10-11-19-17(12-15)16-4-2-3-5-18(16)20-19/h6*2-12H,1H3. The van der Waals surface area contributed by atoms with Crippen LogP contribution < -0.4 is 0 Å². The van der Waals surface area contributed by atoms with Gasteiger partial charge in [-0.3, -0.25) is 0 Å². The maximum atomic E-state index is 6.08. The second-order valence-electron chi connectivity index (χ2n) is 30.9. The molecule has 0 N–H and O–H groups in total. The van der Waals surface area contributed by atoms with Crippen molar-refractivity contribution in [2.24, 2.45) is 0 Å². The van der Waals surface area contributed by atoms with Gasteiger partial charge in [0, 0.05) is 85.2 Å². The molecule has 6 heterocycles. The summed E-state index contributed by atoms with van der Waals surface area (Å²) >= 11 is 1.87. The van der Waals surface area contributed by atoms with Gasteiger partial charge >= 0.3 is 0 Å². The van der Waals surface area contributed by atoms with Crippen LogP contribution in [0.5, 0.6) is 0 Å². The van der Waals surface area contributed by atoms with Gasteiger partial charge in [-0.1, -0.05) is 361 Å². The van der Waals surface area contributed by atoms with Crippen LogP contribution in [0.15, 0.2) is 422 Å². The molecule has 0 aliphatic rings. The largest absolute Gasteiger partial charge is 0.456 e. The van der Waals surface area contributed by atoms with E-state index in [1.807, 2.05) is 90.2 Å². The molecule has 6 heteroatoms. The number of aryl methyl sites for hydroxylation is 6. The maximum Gasteiger partial charge on any atom is 0.143 e. The Labute approximate surface area is 700 Å². The molecule has 5 nitrogen and oxygen atoms in total. The smallest absolute Gasteiger partial charge is 0.143 e. The molecule has 0 fully saturated rings. The number of furan rings is 5. The summed E-state index contributed by atoms with van der Waals surface area (Å²) in [6.45, 7) is 12.7. The van der Waals surface area contributed by atoms with Gasteiger partial charge in [-0.25, -0.2) is 0 Å². The zero-order valence-electron chi connectivity index (χ0n) is 67.6. The van der Waals surface area contributed by atoms with Crippen LogP contribution in [0.2, 0.25) is 0 Å². The van der Waals surface area contributed by atoms with Gasteiger partial charge in [-0.15, -0.1) is 11.3 Å². The molecule has 120 heavy (non-hydrogen) atoms. The normalized spacial score (nSPS) is 11.2. The SMILES string of the molecule is Cc1ccc(-c2ccc3sc4ccccc4c3c2)cc1.Cc1ccc(-c2cccc3c2oc2ccccc23)cc1.Cc1ccc(-c2cccc3oc4ccccc4c23)cc1.Cc1cccc(-c2cccc3c2oc2ccccc23)c1.Cc1cccc(-c2cccc3oc4ccccc4c23)c1.Cc1ccccc1-c1cccc2oc3ccccc3c12. The van der Waals surface area contributed by atoms with E-state index in [1.165, 1.54) is 163 Å². The molecule has 576 valence electrons. The van der Waals surface area contributed by atoms with E-state index in [0.29, 0.717) is 0 Å². The number of rotatable bonds is 6. The monoisotopic (exact) mass is 1560 g/mol. The topological polar surface area (TPSA) is 65.7 Å². The first kappa shape index (κ1) is 75.2. The molecule has 0 unspecified atom stereocenters. The Morgan fingerprint density at radius 3 is 0.967 bits per heavy atom. The summed E-state index contributed by atoms with van der Waals surface area (Å²) in [4.78, 5) is 0. The summed E-state index contributed by atoms with van der Waals surface area (Å²) in [6.07, 6.45) is 0. The van der Waals surface area contributed by atoms with Crippen molar-refractivity contribution in [3.8, 4) is 66.8 Å². The molecule has 0 saturated heterocycles. The Balaban J connectivity index is 0.0000000952. The second-order valence-corrected chi connectivity index (χ2v) is 31.9. The van der Waals surface area contributed by atoms with Gasteiger partial charge in [0.05, 0.1) is 0 Å². The van der Waals surface area contributed by atoms with E-state index in [4.69, 9.17) is 22.1 Å². The molecule has 0 atom stereocenters. The summed E-state index contributed by atoms with van der Waals surface area (Å²) in [7, 11) is 0. The fraction of sp³-hybridized carbons (Fsp3) is 0.0526. The van der Waals surface area contributed by atoms with E-state index in [9.17, 15) is 0 Å². The molecule has 0 bridgehead atoms. The van der Waals surface area contributed by atoms with Gasteiger partial charge in [0.25, 0.3) is 0 Å². The van der Waals surface area contributed by atoms with Crippen LogP contribution in [-0.2, 0) is 0 Å². The third kappa shape index (κ3) is 15.1. The van der Waals surface area contributed by atoms with E-state index in [1.54, 1.807) is 0 Å². The predicted molar refractivity (Wildman–Crippen MR) is 509 cm³/mol. The van der Waals surface area contributed by atoms with Crippen LogP contribution in [0.4, 0.5) is 0 Å². The summed E-state index contributed by atoms with van der Waals surface area (Å²) < 4.78 is 32.7. The third-order valence-corrected chi connectivity index (χ3v) is 23.7. The number of benzene rings is 18. The molecule has 0 amide bonds. The van der Waals surface area contributed by atoms with Crippen molar-refractivity contribution in [3.05, 3.63) is 434 Å². The first-order valence-electron chi connectivity index (χ1n) is 40.8. The third-order valence-electron chi connectivity index (χ3n) is 22.6.